The first-order valence-corrected chi connectivity index (χ1v) is 7.34. The van der Waals surface area contributed by atoms with Crippen molar-refractivity contribution >= 4 is 6.08 Å². The maximum atomic E-state index is 8.61. The Morgan fingerprint density at radius 2 is 1.50 bits per heavy atom. The van der Waals surface area contributed by atoms with Crippen molar-refractivity contribution in [3.05, 3.63) is 42.0 Å². The van der Waals surface area contributed by atoms with Gasteiger partial charge in [-0.1, -0.05) is 36.9 Å². The standard InChI is InChI=1S/C17H26O3/c1-2-16-7-9-17(10-8-16)15-20-14-6-5-13-19-12-4-3-11-18/h2,7-10,18H,1,3-6,11-15H2. The highest BCUT2D eigenvalue weighted by Gasteiger charge is 1.95. The largest absolute Gasteiger partial charge is 0.396 e. The van der Waals surface area contributed by atoms with Gasteiger partial charge >= 0.3 is 0 Å². The van der Waals surface area contributed by atoms with Gasteiger partial charge in [-0.25, -0.2) is 0 Å². The number of benzene rings is 1. The van der Waals surface area contributed by atoms with Crippen molar-refractivity contribution in [3.8, 4) is 0 Å². The monoisotopic (exact) mass is 278 g/mol. The van der Waals surface area contributed by atoms with Crippen molar-refractivity contribution in [1.29, 1.82) is 0 Å². The summed E-state index contributed by atoms with van der Waals surface area (Å²) in [6.45, 7) is 6.94. The van der Waals surface area contributed by atoms with E-state index in [0.717, 1.165) is 51.1 Å². The van der Waals surface area contributed by atoms with Gasteiger partial charge < -0.3 is 14.6 Å². The van der Waals surface area contributed by atoms with Crippen LogP contribution < -0.4 is 0 Å². The highest BCUT2D eigenvalue weighted by atomic mass is 16.5. The zero-order valence-corrected chi connectivity index (χ0v) is 12.2. The Bertz CT molecular complexity index is 346. The SMILES string of the molecule is C=Cc1ccc(COCCCCOCCCCO)cc1. The lowest BCUT2D eigenvalue weighted by Gasteiger charge is -2.06. The summed E-state index contributed by atoms with van der Waals surface area (Å²) in [7, 11) is 0. The third-order valence-electron chi connectivity index (χ3n) is 3.01. The number of hydrogen-bond acceptors (Lipinski definition) is 3. The van der Waals surface area contributed by atoms with Gasteiger partial charge in [-0.2, -0.15) is 0 Å². The van der Waals surface area contributed by atoms with Crippen LogP contribution in [0.1, 0.15) is 36.8 Å². The molecule has 0 unspecified atom stereocenters. The van der Waals surface area contributed by atoms with Crippen molar-refractivity contribution in [2.45, 2.75) is 32.3 Å². The van der Waals surface area contributed by atoms with Gasteiger partial charge in [0.1, 0.15) is 0 Å². The fraction of sp³-hybridized carbons (Fsp3) is 0.529. The third-order valence-corrected chi connectivity index (χ3v) is 3.01. The molecule has 3 nitrogen and oxygen atoms in total. The summed E-state index contributed by atoms with van der Waals surface area (Å²) >= 11 is 0. The van der Waals surface area contributed by atoms with Crippen LogP contribution >= 0.6 is 0 Å². The quantitative estimate of drug-likeness (QED) is 0.595. The molecule has 3 heteroatoms. The van der Waals surface area contributed by atoms with E-state index in [4.69, 9.17) is 14.6 Å². The van der Waals surface area contributed by atoms with Crippen LogP contribution in [0.3, 0.4) is 0 Å². The zero-order valence-electron chi connectivity index (χ0n) is 12.2. The maximum absolute atomic E-state index is 8.61. The first kappa shape index (κ1) is 16.9. The van der Waals surface area contributed by atoms with Crippen LogP contribution in [0.25, 0.3) is 6.08 Å². The van der Waals surface area contributed by atoms with E-state index in [9.17, 15) is 0 Å². The number of hydrogen-bond donors (Lipinski definition) is 1. The molecule has 0 aliphatic heterocycles. The summed E-state index contributed by atoms with van der Waals surface area (Å²) in [5.41, 5.74) is 2.32. The lowest BCUT2D eigenvalue weighted by atomic mass is 10.1. The molecule has 1 aromatic carbocycles. The van der Waals surface area contributed by atoms with E-state index < -0.39 is 0 Å². The number of rotatable bonds is 12. The number of unbranched alkanes of at least 4 members (excludes halogenated alkanes) is 2. The topological polar surface area (TPSA) is 38.7 Å². The summed E-state index contributed by atoms with van der Waals surface area (Å²) in [6.07, 6.45) is 5.64. The second-order valence-electron chi connectivity index (χ2n) is 4.75. The first-order valence-electron chi connectivity index (χ1n) is 7.34. The van der Waals surface area contributed by atoms with Crippen molar-refractivity contribution < 1.29 is 14.6 Å². The normalized spacial score (nSPS) is 10.7. The Kier molecular flexibility index (Phi) is 9.84. The Morgan fingerprint density at radius 1 is 0.900 bits per heavy atom. The van der Waals surface area contributed by atoms with E-state index >= 15 is 0 Å². The van der Waals surface area contributed by atoms with Gasteiger partial charge in [0, 0.05) is 26.4 Å². The molecule has 0 radical (unpaired) electrons. The van der Waals surface area contributed by atoms with E-state index in [1.165, 1.54) is 5.56 Å². The molecule has 0 atom stereocenters. The maximum Gasteiger partial charge on any atom is 0.0716 e. The molecule has 1 N–H and O–H groups in total. The minimum absolute atomic E-state index is 0.255. The van der Waals surface area contributed by atoms with Crippen molar-refractivity contribution in [2.75, 3.05) is 26.4 Å². The van der Waals surface area contributed by atoms with Gasteiger partial charge in [-0.3, -0.25) is 0 Å². The van der Waals surface area contributed by atoms with E-state index in [1.54, 1.807) is 0 Å². The van der Waals surface area contributed by atoms with E-state index in [0.29, 0.717) is 6.61 Å². The van der Waals surface area contributed by atoms with Crippen LogP contribution in [-0.4, -0.2) is 31.5 Å². The van der Waals surface area contributed by atoms with Crippen molar-refractivity contribution in [3.63, 3.8) is 0 Å². The van der Waals surface area contributed by atoms with E-state index in [2.05, 4.69) is 18.7 Å². The molecule has 1 rings (SSSR count). The predicted molar refractivity (Wildman–Crippen MR) is 82.6 cm³/mol. The minimum Gasteiger partial charge on any atom is -0.396 e. The fourth-order valence-corrected chi connectivity index (χ4v) is 1.77. The average molecular weight is 278 g/mol. The Morgan fingerprint density at radius 3 is 2.10 bits per heavy atom. The van der Waals surface area contributed by atoms with Crippen LogP contribution in [0, 0.1) is 0 Å². The molecule has 0 aliphatic rings. The second-order valence-corrected chi connectivity index (χ2v) is 4.75. The zero-order chi connectivity index (χ0) is 14.5. The molecule has 112 valence electrons. The minimum atomic E-state index is 0.255. The molecule has 0 saturated heterocycles. The molecule has 1 aromatic rings. The Hall–Kier alpha value is -1.16. The van der Waals surface area contributed by atoms with E-state index in [-0.39, 0.29) is 6.61 Å². The number of aliphatic hydroxyl groups is 1. The third kappa shape index (κ3) is 8.10. The molecule has 0 fully saturated rings. The van der Waals surface area contributed by atoms with Gasteiger partial charge in [0.15, 0.2) is 0 Å². The second kappa shape index (κ2) is 11.6. The van der Waals surface area contributed by atoms with Crippen LogP contribution in [0.15, 0.2) is 30.8 Å². The molecule has 0 saturated carbocycles. The summed E-state index contributed by atoms with van der Waals surface area (Å²) in [5, 5.41) is 8.61. The van der Waals surface area contributed by atoms with Gasteiger partial charge in [0.25, 0.3) is 0 Å². The molecule has 0 heterocycles. The van der Waals surface area contributed by atoms with Gasteiger partial charge in [0.2, 0.25) is 0 Å². The smallest absolute Gasteiger partial charge is 0.0716 e. The molecule has 0 aromatic heterocycles. The lowest BCUT2D eigenvalue weighted by molar-refractivity contribution is 0.0928. The van der Waals surface area contributed by atoms with Gasteiger partial charge in [-0.05, 0) is 36.8 Å². The van der Waals surface area contributed by atoms with Crippen molar-refractivity contribution in [1.82, 2.24) is 0 Å². The number of aliphatic hydroxyl groups excluding tert-OH is 1. The summed E-state index contributed by atoms with van der Waals surface area (Å²) in [5.74, 6) is 0. The van der Waals surface area contributed by atoms with Crippen LogP contribution in [0.4, 0.5) is 0 Å². The molecule has 0 spiro atoms. The number of ether oxygens (including phenoxy) is 2. The highest BCUT2D eigenvalue weighted by Crippen LogP contribution is 2.07. The Balaban J connectivity index is 1.92. The highest BCUT2D eigenvalue weighted by molar-refractivity contribution is 5.47. The molecule has 0 aliphatic carbocycles. The average Bonchev–Trinajstić information content (AvgIpc) is 2.50. The summed E-state index contributed by atoms with van der Waals surface area (Å²) in [4.78, 5) is 0. The lowest BCUT2D eigenvalue weighted by Crippen LogP contribution is -2.01. The summed E-state index contributed by atoms with van der Waals surface area (Å²) < 4.78 is 11.1. The first-order chi connectivity index (χ1) is 9.86. The van der Waals surface area contributed by atoms with Gasteiger partial charge in [-0.15, -0.1) is 0 Å². The van der Waals surface area contributed by atoms with Crippen LogP contribution in [0.2, 0.25) is 0 Å². The fourth-order valence-electron chi connectivity index (χ4n) is 1.77. The van der Waals surface area contributed by atoms with Crippen molar-refractivity contribution in [2.24, 2.45) is 0 Å². The molecular weight excluding hydrogens is 252 g/mol. The van der Waals surface area contributed by atoms with Gasteiger partial charge in [0.05, 0.1) is 6.61 Å². The predicted octanol–water partition coefficient (Wildman–Crippen LogP) is 3.42. The molecule has 0 amide bonds. The molecule has 0 bridgehead atoms. The Labute approximate surface area is 122 Å². The molecular formula is C17H26O3. The van der Waals surface area contributed by atoms with Crippen LogP contribution in [-0.2, 0) is 16.1 Å². The molecule has 20 heavy (non-hydrogen) atoms. The summed E-state index contributed by atoms with van der Waals surface area (Å²) in [6, 6.07) is 8.24. The van der Waals surface area contributed by atoms with Crippen LogP contribution in [0.5, 0.6) is 0 Å². The van der Waals surface area contributed by atoms with E-state index in [1.807, 2.05) is 18.2 Å².